The SMILES string of the molecule is Clc1ccccc1[C@H](CNc1cccc[nH+]1)c1c[nH]c2ccccc12. The number of nitrogens with one attached hydrogen (secondary N) is 3. The highest BCUT2D eigenvalue weighted by atomic mass is 35.5. The number of hydrogen-bond acceptors (Lipinski definition) is 1. The lowest BCUT2D eigenvalue weighted by molar-refractivity contribution is -0.361. The van der Waals surface area contributed by atoms with Crippen molar-refractivity contribution >= 4 is 28.3 Å². The van der Waals surface area contributed by atoms with Crippen molar-refractivity contribution < 1.29 is 4.98 Å². The maximum absolute atomic E-state index is 6.52. The molecule has 0 aliphatic rings. The minimum Gasteiger partial charge on any atom is -0.361 e. The summed E-state index contributed by atoms with van der Waals surface area (Å²) in [4.78, 5) is 6.60. The molecular formula is C21H19ClN3+. The summed E-state index contributed by atoms with van der Waals surface area (Å²) in [6.45, 7) is 0.742. The van der Waals surface area contributed by atoms with Gasteiger partial charge in [0.05, 0.1) is 12.7 Å². The van der Waals surface area contributed by atoms with E-state index >= 15 is 0 Å². The zero-order chi connectivity index (χ0) is 17.1. The average Bonchev–Trinajstić information content (AvgIpc) is 3.08. The highest BCUT2D eigenvalue weighted by Crippen LogP contribution is 2.34. The molecule has 4 rings (SSSR count). The van der Waals surface area contributed by atoms with E-state index in [0.29, 0.717) is 0 Å². The fourth-order valence-corrected chi connectivity index (χ4v) is 3.51. The molecule has 3 N–H and O–H groups in total. The molecule has 0 amide bonds. The number of benzene rings is 2. The Morgan fingerprint density at radius 3 is 2.56 bits per heavy atom. The Labute approximate surface area is 151 Å². The van der Waals surface area contributed by atoms with E-state index in [4.69, 9.17) is 11.6 Å². The molecule has 2 heterocycles. The van der Waals surface area contributed by atoms with Crippen molar-refractivity contribution in [3.63, 3.8) is 0 Å². The van der Waals surface area contributed by atoms with Gasteiger partial charge < -0.3 is 4.98 Å². The van der Waals surface area contributed by atoms with Crippen molar-refractivity contribution in [2.45, 2.75) is 5.92 Å². The normalized spacial score (nSPS) is 12.2. The summed E-state index contributed by atoms with van der Waals surface area (Å²) in [7, 11) is 0. The Morgan fingerprint density at radius 1 is 0.920 bits per heavy atom. The van der Waals surface area contributed by atoms with Crippen molar-refractivity contribution in [1.82, 2.24) is 4.98 Å². The number of H-pyrrole nitrogens is 2. The van der Waals surface area contributed by atoms with Crippen LogP contribution in [0.15, 0.2) is 79.1 Å². The fourth-order valence-electron chi connectivity index (χ4n) is 3.24. The maximum atomic E-state index is 6.52. The van der Waals surface area contributed by atoms with E-state index in [1.165, 1.54) is 10.9 Å². The second kappa shape index (κ2) is 6.99. The largest absolute Gasteiger partial charge is 0.361 e. The highest BCUT2D eigenvalue weighted by molar-refractivity contribution is 6.31. The van der Waals surface area contributed by atoms with Crippen LogP contribution in [0.2, 0.25) is 5.02 Å². The lowest BCUT2D eigenvalue weighted by atomic mass is 9.91. The van der Waals surface area contributed by atoms with Gasteiger partial charge in [0.1, 0.15) is 0 Å². The Balaban J connectivity index is 1.74. The van der Waals surface area contributed by atoms with Gasteiger partial charge in [-0.05, 0) is 29.3 Å². The average molecular weight is 349 g/mol. The van der Waals surface area contributed by atoms with Crippen molar-refractivity contribution in [2.24, 2.45) is 0 Å². The van der Waals surface area contributed by atoms with Crippen LogP contribution in [0, 0.1) is 0 Å². The molecule has 2 aromatic heterocycles. The van der Waals surface area contributed by atoms with Crippen LogP contribution in [0.4, 0.5) is 5.82 Å². The molecule has 4 heteroatoms. The quantitative estimate of drug-likeness (QED) is 0.530. The van der Waals surface area contributed by atoms with Gasteiger partial charge >= 0.3 is 0 Å². The first-order chi connectivity index (χ1) is 12.3. The van der Waals surface area contributed by atoms with Crippen molar-refractivity contribution in [3.8, 4) is 0 Å². The first-order valence-corrected chi connectivity index (χ1v) is 8.72. The molecule has 0 radical (unpaired) electrons. The summed E-state index contributed by atoms with van der Waals surface area (Å²) in [5, 5.41) is 5.51. The number of hydrogen-bond donors (Lipinski definition) is 2. The lowest BCUT2D eigenvalue weighted by Gasteiger charge is -2.17. The minimum atomic E-state index is 0.137. The molecule has 0 saturated heterocycles. The molecule has 3 nitrogen and oxygen atoms in total. The van der Waals surface area contributed by atoms with Gasteiger partial charge in [-0.3, -0.25) is 5.32 Å². The van der Waals surface area contributed by atoms with Crippen LogP contribution in [0.5, 0.6) is 0 Å². The summed E-state index contributed by atoms with van der Waals surface area (Å²) in [6.07, 6.45) is 4.01. The molecule has 1 atom stereocenters. The summed E-state index contributed by atoms with van der Waals surface area (Å²) >= 11 is 6.52. The topological polar surface area (TPSA) is 42.0 Å². The van der Waals surface area contributed by atoms with Gasteiger partial charge in [0.15, 0.2) is 0 Å². The number of aromatic amines is 2. The van der Waals surface area contributed by atoms with Gasteiger partial charge in [0.2, 0.25) is 0 Å². The number of para-hydroxylation sites is 1. The Morgan fingerprint density at radius 2 is 1.72 bits per heavy atom. The summed E-state index contributed by atoms with van der Waals surface area (Å²) in [5.41, 5.74) is 3.50. The van der Waals surface area contributed by atoms with Crippen LogP contribution in [-0.4, -0.2) is 11.5 Å². The number of halogens is 1. The smallest absolute Gasteiger partial charge is 0.272 e. The molecule has 0 aliphatic heterocycles. The van der Waals surface area contributed by atoms with E-state index in [0.717, 1.165) is 28.5 Å². The van der Waals surface area contributed by atoms with Crippen molar-refractivity contribution in [1.29, 1.82) is 0 Å². The molecule has 2 aromatic carbocycles. The van der Waals surface area contributed by atoms with Crippen LogP contribution in [0.1, 0.15) is 17.0 Å². The van der Waals surface area contributed by atoms with Crippen molar-refractivity contribution in [2.75, 3.05) is 11.9 Å². The first kappa shape index (κ1) is 15.7. The third-order valence-corrected chi connectivity index (χ3v) is 4.83. The first-order valence-electron chi connectivity index (χ1n) is 8.34. The third-order valence-electron chi connectivity index (χ3n) is 4.48. The van der Waals surface area contributed by atoms with Gasteiger partial charge in [-0.1, -0.05) is 54.1 Å². The molecule has 0 spiro atoms. The maximum Gasteiger partial charge on any atom is 0.272 e. The van der Waals surface area contributed by atoms with Gasteiger partial charge in [0, 0.05) is 34.1 Å². The minimum absolute atomic E-state index is 0.137. The number of fused-ring (bicyclic) bond motifs is 1. The standard InChI is InChI=1S/C21H18ClN3/c22-19-9-3-1-7-15(19)17(14-25-21-11-5-6-12-23-21)18-13-24-20-10-4-2-8-16(18)20/h1-13,17,24H,14H2,(H,23,25)/p+1/t17-/m0/s1. The summed E-state index contributed by atoms with van der Waals surface area (Å²) < 4.78 is 0. The molecule has 0 unspecified atom stereocenters. The van der Waals surface area contributed by atoms with Crippen LogP contribution in [0.3, 0.4) is 0 Å². The van der Waals surface area contributed by atoms with Crippen LogP contribution >= 0.6 is 11.6 Å². The van der Waals surface area contributed by atoms with Crippen LogP contribution in [-0.2, 0) is 0 Å². The predicted octanol–water partition coefficient (Wildman–Crippen LogP) is 4.88. The number of rotatable bonds is 5. The van der Waals surface area contributed by atoms with E-state index in [2.05, 4.69) is 45.7 Å². The van der Waals surface area contributed by atoms with E-state index < -0.39 is 0 Å². The van der Waals surface area contributed by atoms with Gasteiger partial charge in [-0.25, -0.2) is 4.98 Å². The molecule has 0 saturated carbocycles. The van der Waals surface area contributed by atoms with E-state index in [1.807, 2.05) is 48.7 Å². The number of pyridine rings is 1. The third kappa shape index (κ3) is 3.24. The Bertz CT molecular complexity index is 979. The molecule has 0 bridgehead atoms. The van der Waals surface area contributed by atoms with Crippen molar-refractivity contribution in [3.05, 3.63) is 95.3 Å². The lowest BCUT2D eigenvalue weighted by Crippen LogP contribution is -2.19. The molecular weight excluding hydrogens is 330 g/mol. The highest BCUT2D eigenvalue weighted by Gasteiger charge is 2.22. The molecule has 4 aromatic rings. The van der Waals surface area contributed by atoms with E-state index in [-0.39, 0.29) is 5.92 Å². The Hall–Kier alpha value is -2.78. The van der Waals surface area contributed by atoms with Crippen LogP contribution in [0.25, 0.3) is 10.9 Å². The van der Waals surface area contributed by atoms with E-state index in [9.17, 15) is 0 Å². The molecule has 0 fully saturated rings. The zero-order valence-electron chi connectivity index (χ0n) is 13.7. The Kier molecular flexibility index (Phi) is 4.40. The summed E-state index contributed by atoms with van der Waals surface area (Å²) in [6, 6.07) is 22.4. The molecule has 124 valence electrons. The monoisotopic (exact) mass is 348 g/mol. The summed E-state index contributed by atoms with van der Waals surface area (Å²) in [5.74, 6) is 1.12. The fraction of sp³-hybridized carbons (Fsp3) is 0.0952. The van der Waals surface area contributed by atoms with Crippen LogP contribution < -0.4 is 10.3 Å². The number of aromatic nitrogens is 2. The van der Waals surface area contributed by atoms with Gasteiger partial charge in [0.25, 0.3) is 5.82 Å². The number of anilines is 1. The molecule has 25 heavy (non-hydrogen) atoms. The van der Waals surface area contributed by atoms with E-state index in [1.54, 1.807) is 0 Å². The predicted molar refractivity (Wildman–Crippen MR) is 103 cm³/mol. The zero-order valence-corrected chi connectivity index (χ0v) is 14.4. The second-order valence-electron chi connectivity index (χ2n) is 6.02. The van der Waals surface area contributed by atoms with Gasteiger partial charge in [-0.2, -0.15) is 0 Å². The second-order valence-corrected chi connectivity index (χ2v) is 6.43. The molecule has 0 aliphatic carbocycles. The van der Waals surface area contributed by atoms with Gasteiger partial charge in [-0.15, -0.1) is 0 Å².